The predicted molar refractivity (Wildman–Crippen MR) is 109 cm³/mol. The summed E-state index contributed by atoms with van der Waals surface area (Å²) in [6.07, 6.45) is 3.06. The number of hydrogen-bond acceptors (Lipinski definition) is 4. The van der Waals surface area contributed by atoms with Crippen molar-refractivity contribution in [3.05, 3.63) is 99.9 Å². The van der Waals surface area contributed by atoms with E-state index in [1.807, 2.05) is 0 Å². The topological polar surface area (TPSA) is 82.6 Å². The van der Waals surface area contributed by atoms with Crippen molar-refractivity contribution in [2.24, 2.45) is 0 Å². The maximum absolute atomic E-state index is 13.5. The van der Waals surface area contributed by atoms with E-state index in [0.29, 0.717) is 11.3 Å². The first-order valence-corrected chi connectivity index (χ1v) is 8.77. The Morgan fingerprint density at radius 2 is 1.76 bits per heavy atom. The van der Waals surface area contributed by atoms with Crippen LogP contribution in [0.4, 0.5) is 8.78 Å². The molecule has 0 amide bonds. The molecule has 5 nitrogen and oxygen atoms in total. The van der Waals surface area contributed by atoms with E-state index >= 15 is 0 Å². The second-order valence-electron chi connectivity index (χ2n) is 6.50. The molecule has 3 rings (SSSR count). The zero-order chi connectivity index (χ0) is 21.0. The average molecular weight is 392 g/mol. The number of benzene rings is 2. The van der Waals surface area contributed by atoms with Crippen LogP contribution in [0.25, 0.3) is 11.3 Å². The van der Waals surface area contributed by atoms with Crippen molar-refractivity contribution in [2.45, 2.75) is 13.5 Å². The van der Waals surface area contributed by atoms with Gasteiger partial charge >= 0.3 is 0 Å². The van der Waals surface area contributed by atoms with E-state index in [4.69, 9.17) is 10.8 Å². The van der Waals surface area contributed by atoms with Crippen molar-refractivity contribution < 1.29 is 8.78 Å². The standard InChI is InChI=1S/C22H18F2N4O/c1-14(25)5-6-20(26)16-4-2-3-15(9-16)13-28-22(29)8-7-21(27-28)17-10-18(23)12-19(24)11-17/h2-12,25-26H,13H2,1H3/b6-5-,25-14?,26-20?. The Morgan fingerprint density at radius 3 is 2.45 bits per heavy atom. The van der Waals surface area contributed by atoms with E-state index in [0.717, 1.165) is 23.8 Å². The maximum atomic E-state index is 13.5. The van der Waals surface area contributed by atoms with E-state index < -0.39 is 11.6 Å². The Hall–Kier alpha value is -3.74. The highest BCUT2D eigenvalue weighted by atomic mass is 19.1. The number of rotatable bonds is 6. The van der Waals surface area contributed by atoms with Gasteiger partial charge in [-0.25, -0.2) is 13.5 Å². The highest BCUT2D eigenvalue weighted by Crippen LogP contribution is 2.19. The molecule has 0 radical (unpaired) electrons. The summed E-state index contributed by atoms with van der Waals surface area (Å²) in [7, 11) is 0. The van der Waals surface area contributed by atoms with Gasteiger partial charge in [-0.2, -0.15) is 5.10 Å². The molecule has 1 aromatic heterocycles. The first kappa shape index (κ1) is 20.0. The van der Waals surface area contributed by atoms with Gasteiger partial charge in [0.05, 0.1) is 18.0 Å². The van der Waals surface area contributed by atoms with Gasteiger partial charge in [0.25, 0.3) is 5.56 Å². The fourth-order valence-corrected chi connectivity index (χ4v) is 2.73. The monoisotopic (exact) mass is 392 g/mol. The Kier molecular flexibility index (Phi) is 5.87. The summed E-state index contributed by atoms with van der Waals surface area (Å²) >= 11 is 0. The zero-order valence-corrected chi connectivity index (χ0v) is 15.6. The molecule has 0 bridgehead atoms. The van der Waals surface area contributed by atoms with Crippen LogP contribution in [0.3, 0.4) is 0 Å². The SMILES string of the molecule is CC(=N)/C=C\C(=N)c1cccc(Cn2nc(-c3cc(F)cc(F)c3)ccc2=O)c1. The third-order valence-electron chi connectivity index (χ3n) is 4.10. The van der Waals surface area contributed by atoms with Crippen LogP contribution in [-0.2, 0) is 6.54 Å². The van der Waals surface area contributed by atoms with Gasteiger partial charge < -0.3 is 10.8 Å². The Morgan fingerprint density at radius 1 is 1.03 bits per heavy atom. The molecule has 146 valence electrons. The number of aromatic nitrogens is 2. The van der Waals surface area contributed by atoms with Gasteiger partial charge in [0.15, 0.2) is 0 Å². The molecule has 3 aromatic rings. The van der Waals surface area contributed by atoms with Crippen LogP contribution in [0.1, 0.15) is 18.1 Å². The van der Waals surface area contributed by atoms with Crippen LogP contribution < -0.4 is 5.56 Å². The minimum atomic E-state index is -0.723. The molecule has 0 saturated heterocycles. The highest BCUT2D eigenvalue weighted by Gasteiger charge is 2.08. The van der Waals surface area contributed by atoms with Gasteiger partial charge in [0, 0.05) is 23.4 Å². The van der Waals surface area contributed by atoms with E-state index in [1.165, 1.54) is 29.0 Å². The molecule has 7 heteroatoms. The molecule has 2 aromatic carbocycles. The second kappa shape index (κ2) is 8.52. The lowest BCUT2D eigenvalue weighted by Crippen LogP contribution is -2.23. The molecule has 0 atom stereocenters. The summed E-state index contributed by atoms with van der Waals surface area (Å²) < 4.78 is 28.2. The third-order valence-corrected chi connectivity index (χ3v) is 4.10. The van der Waals surface area contributed by atoms with E-state index in [-0.39, 0.29) is 29.1 Å². The van der Waals surface area contributed by atoms with Crippen molar-refractivity contribution in [3.63, 3.8) is 0 Å². The maximum Gasteiger partial charge on any atom is 0.267 e. The lowest BCUT2D eigenvalue weighted by atomic mass is 10.1. The highest BCUT2D eigenvalue weighted by molar-refractivity contribution is 6.09. The summed E-state index contributed by atoms with van der Waals surface area (Å²) in [6.45, 7) is 1.76. The largest absolute Gasteiger partial charge is 0.306 e. The fraction of sp³-hybridized carbons (Fsp3) is 0.0909. The zero-order valence-electron chi connectivity index (χ0n) is 15.6. The third kappa shape index (κ3) is 5.16. The molecule has 0 fully saturated rings. The summed E-state index contributed by atoms with van der Waals surface area (Å²) in [4.78, 5) is 12.2. The van der Waals surface area contributed by atoms with E-state index in [9.17, 15) is 13.6 Å². The molecule has 0 unspecified atom stereocenters. The van der Waals surface area contributed by atoms with Crippen LogP contribution in [-0.4, -0.2) is 21.2 Å². The smallest absolute Gasteiger partial charge is 0.267 e. The lowest BCUT2D eigenvalue weighted by molar-refractivity contribution is 0.583. The molecular formula is C22H18F2N4O. The summed E-state index contributed by atoms with van der Waals surface area (Å²) in [5.41, 5.74) is 2.11. The van der Waals surface area contributed by atoms with Gasteiger partial charge in [-0.3, -0.25) is 4.79 Å². The molecule has 0 saturated carbocycles. The minimum absolute atomic E-state index is 0.138. The van der Waals surface area contributed by atoms with Crippen molar-refractivity contribution in [3.8, 4) is 11.3 Å². The first-order chi connectivity index (χ1) is 13.8. The molecule has 0 aliphatic rings. The van der Waals surface area contributed by atoms with E-state index in [1.54, 1.807) is 31.2 Å². The fourth-order valence-electron chi connectivity index (χ4n) is 2.73. The van der Waals surface area contributed by atoms with Gasteiger partial charge in [0.1, 0.15) is 11.6 Å². The quantitative estimate of drug-likeness (QED) is 0.617. The predicted octanol–water partition coefficient (Wildman–Crippen LogP) is 4.20. The Bertz CT molecular complexity index is 1160. The van der Waals surface area contributed by atoms with Crippen LogP contribution in [0, 0.1) is 22.5 Å². The molecule has 0 aliphatic carbocycles. The van der Waals surface area contributed by atoms with Crippen LogP contribution in [0.2, 0.25) is 0 Å². The molecular weight excluding hydrogens is 374 g/mol. The first-order valence-electron chi connectivity index (χ1n) is 8.77. The van der Waals surface area contributed by atoms with Gasteiger partial charge in [-0.05, 0) is 54.5 Å². The molecule has 2 N–H and O–H groups in total. The summed E-state index contributed by atoms with van der Waals surface area (Å²) in [6, 6.07) is 12.9. The number of halogens is 2. The van der Waals surface area contributed by atoms with Gasteiger partial charge in [-0.1, -0.05) is 18.2 Å². The molecule has 0 spiro atoms. The Balaban J connectivity index is 1.91. The summed E-state index contributed by atoms with van der Waals surface area (Å²) in [5.74, 6) is -1.45. The van der Waals surface area contributed by atoms with Crippen molar-refractivity contribution in [1.29, 1.82) is 10.8 Å². The Labute approximate surface area is 166 Å². The van der Waals surface area contributed by atoms with Crippen LogP contribution in [0.15, 0.2) is 71.5 Å². The van der Waals surface area contributed by atoms with Crippen LogP contribution >= 0.6 is 0 Å². The number of nitrogens with one attached hydrogen (secondary N) is 2. The average Bonchev–Trinajstić information content (AvgIpc) is 2.67. The molecule has 0 aliphatic heterocycles. The van der Waals surface area contributed by atoms with Crippen LogP contribution in [0.5, 0.6) is 0 Å². The lowest BCUT2D eigenvalue weighted by Gasteiger charge is -2.09. The van der Waals surface area contributed by atoms with Gasteiger partial charge in [0.2, 0.25) is 0 Å². The van der Waals surface area contributed by atoms with Crippen molar-refractivity contribution >= 4 is 11.4 Å². The van der Waals surface area contributed by atoms with Crippen molar-refractivity contribution in [1.82, 2.24) is 9.78 Å². The number of allylic oxidation sites excluding steroid dienone is 2. The normalized spacial score (nSPS) is 11.0. The summed E-state index contributed by atoms with van der Waals surface area (Å²) in [5, 5.41) is 19.7. The minimum Gasteiger partial charge on any atom is -0.306 e. The van der Waals surface area contributed by atoms with Gasteiger partial charge in [-0.15, -0.1) is 0 Å². The van der Waals surface area contributed by atoms with E-state index in [2.05, 4.69) is 5.10 Å². The molecule has 29 heavy (non-hydrogen) atoms. The number of hydrogen-bond donors (Lipinski definition) is 2. The number of nitrogens with zero attached hydrogens (tertiary/aromatic N) is 2. The molecule has 1 heterocycles. The van der Waals surface area contributed by atoms with Crippen molar-refractivity contribution in [2.75, 3.05) is 0 Å². The second-order valence-corrected chi connectivity index (χ2v) is 6.50.